The van der Waals surface area contributed by atoms with Crippen LogP contribution in [0.5, 0.6) is 0 Å². The van der Waals surface area contributed by atoms with E-state index in [0.717, 1.165) is 17.1 Å². The standard InChI is InChI=1S/C58H39N/c1-4-13-47-37-50(20-17-40(47)9-1)43-23-30-53(31-24-43)59(54-32-25-44(26-33-54)51-21-18-41-10-2-5-14-48(41)38-51)55-34-27-46(28-35-55)58-56-16-8-7-12-45(56)29-36-57(58)52-22-19-42-11-3-6-15-49(42)39-52/h1-39H. The second-order valence-corrected chi connectivity index (χ2v) is 15.4. The number of rotatable bonds is 7. The quantitative estimate of drug-likeness (QED) is 0.157. The van der Waals surface area contributed by atoms with Gasteiger partial charge in [0.1, 0.15) is 0 Å². The van der Waals surface area contributed by atoms with E-state index in [0.29, 0.717) is 0 Å². The predicted octanol–water partition coefficient (Wildman–Crippen LogP) is 16.4. The lowest BCUT2D eigenvalue weighted by molar-refractivity contribution is 1.28. The molecule has 0 aliphatic rings. The minimum absolute atomic E-state index is 1.10. The number of nitrogens with zero attached hydrogens (tertiary/aromatic N) is 1. The summed E-state index contributed by atoms with van der Waals surface area (Å²) in [7, 11) is 0. The van der Waals surface area contributed by atoms with Gasteiger partial charge in [0.25, 0.3) is 0 Å². The third-order valence-corrected chi connectivity index (χ3v) is 11.8. The summed E-state index contributed by atoms with van der Waals surface area (Å²) in [6, 6.07) is 86.3. The smallest absolute Gasteiger partial charge is 0.0462 e. The molecule has 0 aliphatic carbocycles. The first-order chi connectivity index (χ1) is 29.2. The van der Waals surface area contributed by atoms with Crippen LogP contribution >= 0.6 is 0 Å². The van der Waals surface area contributed by atoms with Gasteiger partial charge in [-0.1, -0.05) is 182 Å². The van der Waals surface area contributed by atoms with Crippen LogP contribution in [0.3, 0.4) is 0 Å². The Hall–Kier alpha value is -7.74. The maximum Gasteiger partial charge on any atom is 0.0462 e. The molecule has 0 saturated carbocycles. The van der Waals surface area contributed by atoms with E-state index in [1.54, 1.807) is 0 Å². The summed E-state index contributed by atoms with van der Waals surface area (Å²) in [5.41, 5.74) is 13.0. The van der Waals surface area contributed by atoms with Gasteiger partial charge in [0.05, 0.1) is 0 Å². The molecule has 0 N–H and O–H groups in total. The van der Waals surface area contributed by atoms with Crippen molar-refractivity contribution in [3.63, 3.8) is 0 Å². The van der Waals surface area contributed by atoms with Crippen LogP contribution in [-0.4, -0.2) is 0 Å². The molecule has 0 saturated heterocycles. The number of hydrogen-bond donors (Lipinski definition) is 0. The van der Waals surface area contributed by atoms with E-state index in [4.69, 9.17) is 0 Å². The van der Waals surface area contributed by atoms with Gasteiger partial charge in [-0.3, -0.25) is 0 Å². The van der Waals surface area contributed by atoms with Crippen LogP contribution in [0, 0.1) is 0 Å². The highest BCUT2D eigenvalue weighted by Crippen LogP contribution is 2.42. The highest BCUT2D eigenvalue weighted by Gasteiger charge is 2.17. The van der Waals surface area contributed by atoms with Crippen molar-refractivity contribution >= 4 is 60.2 Å². The van der Waals surface area contributed by atoms with Crippen molar-refractivity contribution in [2.24, 2.45) is 0 Å². The summed E-state index contributed by atoms with van der Waals surface area (Å²) in [4.78, 5) is 2.37. The van der Waals surface area contributed by atoms with E-state index in [9.17, 15) is 0 Å². The maximum absolute atomic E-state index is 2.37. The topological polar surface area (TPSA) is 3.24 Å². The molecule has 0 radical (unpaired) electrons. The van der Waals surface area contributed by atoms with Gasteiger partial charge in [-0.2, -0.15) is 0 Å². The zero-order chi connectivity index (χ0) is 39.1. The lowest BCUT2D eigenvalue weighted by Crippen LogP contribution is -2.09. The summed E-state index contributed by atoms with van der Waals surface area (Å²) < 4.78 is 0. The molecule has 11 aromatic rings. The minimum Gasteiger partial charge on any atom is -0.311 e. The Morgan fingerprint density at radius 1 is 0.220 bits per heavy atom. The Kier molecular flexibility index (Phi) is 8.56. The van der Waals surface area contributed by atoms with Gasteiger partial charge in [-0.05, 0) is 142 Å². The molecule has 11 aromatic carbocycles. The molecular weight excluding hydrogens is 711 g/mol. The molecule has 0 bridgehead atoms. The largest absolute Gasteiger partial charge is 0.311 e. The lowest BCUT2D eigenvalue weighted by Gasteiger charge is -2.26. The second kappa shape index (κ2) is 14.6. The fraction of sp³-hybridized carbons (Fsp3) is 0. The summed E-state index contributed by atoms with van der Waals surface area (Å²) in [6.45, 7) is 0. The number of fused-ring (bicyclic) bond motifs is 4. The van der Waals surface area contributed by atoms with Gasteiger partial charge in [0, 0.05) is 17.1 Å². The number of benzene rings is 11. The Morgan fingerprint density at radius 3 is 1.03 bits per heavy atom. The average molecular weight is 750 g/mol. The predicted molar refractivity (Wildman–Crippen MR) is 253 cm³/mol. The molecule has 0 amide bonds. The molecular formula is C58H39N. The lowest BCUT2D eigenvalue weighted by atomic mass is 9.89. The van der Waals surface area contributed by atoms with E-state index in [1.807, 2.05) is 0 Å². The van der Waals surface area contributed by atoms with Gasteiger partial charge in [0.2, 0.25) is 0 Å². The normalized spacial score (nSPS) is 11.4. The fourth-order valence-electron chi connectivity index (χ4n) is 8.75. The number of hydrogen-bond acceptors (Lipinski definition) is 1. The molecule has 0 aliphatic heterocycles. The van der Waals surface area contributed by atoms with Crippen molar-refractivity contribution in [1.82, 2.24) is 0 Å². The molecule has 1 heteroatoms. The molecule has 0 atom stereocenters. The first-order valence-corrected chi connectivity index (χ1v) is 20.3. The molecule has 1 nitrogen and oxygen atoms in total. The molecule has 59 heavy (non-hydrogen) atoms. The molecule has 0 heterocycles. The van der Waals surface area contributed by atoms with Crippen molar-refractivity contribution in [2.75, 3.05) is 4.90 Å². The van der Waals surface area contributed by atoms with Crippen LogP contribution in [0.1, 0.15) is 0 Å². The molecule has 11 rings (SSSR count). The second-order valence-electron chi connectivity index (χ2n) is 15.4. The van der Waals surface area contributed by atoms with E-state index >= 15 is 0 Å². The third kappa shape index (κ3) is 6.49. The summed E-state index contributed by atoms with van der Waals surface area (Å²) in [6.07, 6.45) is 0. The Labute approximate surface area is 344 Å². The van der Waals surface area contributed by atoms with Crippen molar-refractivity contribution in [3.8, 4) is 44.5 Å². The van der Waals surface area contributed by atoms with Crippen LogP contribution in [0.25, 0.3) is 87.6 Å². The fourth-order valence-corrected chi connectivity index (χ4v) is 8.75. The van der Waals surface area contributed by atoms with E-state index in [1.165, 1.54) is 87.6 Å². The first-order valence-electron chi connectivity index (χ1n) is 20.3. The maximum atomic E-state index is 2.37. The van der Waals surface area contributed by atoms with E-state index < -0.39 is 0 Å². The SMILES string of the molecule is c1ccc2cc(-c3ccc(N(c4ccc(-c5ccc6ccccc6c5)cc4)c4ccc(-c5c(-c6ccc7ccccc7c6)ccc6ccccc56)cc4)cc3)ccc2c1. The highest BCUT2D eigenvalue weighted by atomic mass is 15.1. The minimum atomic E-state index is 1.10. The third-order valence-electron chi connectivity index (χ3n) is 11.8. The van der Waals surface area contributed by atoms with Crippen molar-refractivity contribution in [2.45, 2.75) is 0 Å². The van der Waals surface area contributed by atoms with Crippen LogP contribution < -0.4 is 4.90 Å². The van der Waals surface area contributed by atoms with Crippen molar-refractivity contribution in [1.29, 1.82) is 0 Å². The number of anilines is 3. The Balaban J connectivity index is 1.01. The van der Waals surface area contributed by atoms with Gasteiger partial charge in [-0.15, -0.1) is 0 Å². The summed E-state index contributed by atoms with van der Waals surface area (Å²) in [5.74, 6) is 0. The van der Waals surface area contributed by atoms with Crippen LogP contribution in [-0.2, 0) is 0 Å². The van der Waals surface area contributed by atoms with Gasteiger partial charge >= 0.3 is 0 Å². The van der Waals surface area contributed by atoms with E-state index in [2.05, 4.69) is 241 Å². The van der Waals surface area contributed by atoms with Crippen LogP contribution in [0.4, 0.5) is 17.1 Å². The van der Waals surface area contributed by atoms with Crippen LogP contribution in [0.15, 0.2) is 237 Å². The van der Waals surface area contributed by atoms with Crippen molar-refractivity contribution in [3.05, 3.63) is 237 Å². The van der Waals surface area contributed by atoms with Gasteiger partial charge in [-0.25, -0.2) is 0 Å². The zero-order valence-corrected chi connectivity index (χ0v) is 32.5. The molecule has 276 valence electrons. The average Bonchev–Trinajstić information content (AvgIpc) is 3.31. The summed E-state index contributed by atoms with van der Waals surface area (Å²) in [5, 5.41) is 9.97. The summed E-state index contributed by atoms with van der Waals surface area (Å²) >= 11 is 0. The van der Waals surface area contributed by atoms with E-state index in [-0.39, 0.29) is 0 Å². The van der Waals surface area contributed by atoms with Gasteiger partial charge in [0.15, 0.2) is 0 Å². The van der Waals surface area contributed by atoms with Gasteiger partial charge < -0.3 is 4.90 Å². The first kappa shape index (κ1) is 34.5. The van der Waals surface area contributed by atoms with Crippen LogP contribution in [0.2, 0.25) is 0 Å². The molecule has 0 aromatic heterocycles. The molecule has 0 unspecified atom stereocenters. The highest BCUT2D eigenvalue weighted by molar-refractivity contribution is 6.05. The zero-order valence-electron chi connectivity index (χ0n) is 32.5. The Bertz CT molecular complexity index is 3180. The Morgan fingerprint density at radius 2 is 0.559 bits per heavy atom. The molecule has 0 spiro atoms. The molecule has 0 fully saturated rings. The monoisotopic (exact) mass is 749 g/mol. The van der Waals surface area contributed by atoms with Crippen molar-refractivity contribution < 1.29 is 0 Å².